The fourth-order valence-electron chi connectivity index (χ4n) is 1.25. The van der Waals surface area contributed by atoms with Crippen molar-refractivity contribution in [2.24, 2.45) is 0 Å². The van der Waals surface area contributed by atoms with Crippen molar-refractivity contribution in [2.45, 2.75) is 26.3 Å². The maximum atomic E-state index is 11.3. The number of amides is 1. The number of hydrogen-bond donors (Lipinski definition) is 1. The van der Waals surface area contributed by atoms with E-state index in [1.165, 1.54) is 7.11 Å². The molecule has 1 rings (SSSR count). The summed E-state index contributed by atoms with van der Waals surface area (Å²) in [6.45, 7) is 4.19. The van der Waals surface area contributed by atoms with Crippen LogP contribution in [0.5, 0.6) is 0 Å². The Morgan fingerprint density at radius 3 is 3.07 bits per heavy atom. The van der Waals surface area contributed by atoms with Gasteiger partial charge in [0.1, 0.15) is 12.4 Å². The zero-order chi connectivity index (χ0) is 11.3. The summed E-state index contributed by atoms with van der Waals surface area (Å²) in [6, 6.07) is 2.05. The van der Waals surface area contributed by atoms with E-state index in [0.29, 0.717) is 5.82 Å². The number of nitrogens with one attached hydrogen (secondary N) is 1. The molecule has 0 saturated carbocycles. The molecule has 1 aromatic rings. The van der Waals surface area contributed by atoms with Crippen LogP contribution < -0.4 is 5.32 Å². The third kappa shape index (κ3) is 3.06. The predicted molar refractivity (Wildman–Crippen MR) is 57.7 cm³/mol. The first-order chi connectivity index (χ1) is 7.19. The van der Waals surface area contributed by atoms with E-state index < -0.39 is 0 Å². The van der Waals surface area contributed by atoms with Crippen LogP contribution in [0.1, 0.15) is 26.3 Å². The summed E-state index contributed by atoms with van der Waals surface area (Å²) < 4.78 is 6.54. The van der Waals surface area contributed by atoms with Gasteiger partial charge in [-0.3, -0.25) is 4.79 Å². The van der Waals surface area contributed by atoms with Gasteiger partial charge in [0.2, 0.25) is 0 Å². The molecular weight excluding hydrogens is 194 g/mol. The monoisotopic (exact) mass is 211 g/mol. The number of aromatic nitrogens is 2. The average molecular weight is 211 g/mol. The number of anilines is 1. The highest BCUT2D eigenvalue weighted by Gasteiger charge is 2.10. The minimum absolute atomic E-state index is 0.0612. The van der Waals surface area contributed by atoms with Crippen molar-refractivity contribution in [3.63, 3.8) is 0 Å². The molecule has 0 aliphatic rings. The highest BCUT2D eigenvalue weighted by atomic mass is 16.5. The van der Waals surface area contributed by atoms with Crippen molar-refractivity contribution in [1.29, 1.82) is 0 Å². The molecule has 5 nitrogen and oxygen atoms in total. The van der Waals surface area contributed by atoms with Gasteiger partial charge in [0.25, 0.3) is 5.91 Å². The van der Waals surface area contributed by atoms with Crippen molar-refractivity contribution in [2.75, 3.05) is 19.0 Å². The Balaban J connectivity index is 2.68. The molecule has 1 amide bonds. The van der Waals surface area contributed by atoms with Crippen LogP contribution in [-0.4, -0.2) is 29.4 Å². The second-order valence-electron chi connectivity index (χ2n) is 3.40. The predicted octanol–water partition coefficient (Wildman–Crippen LogP) is 1.44. The maximum absolute atomic E-state index is 11.3. The third-order valence-electron chi connectivity index (χ3n) is 2.22. The molecule has 0 aliphatic heterocycles. The molecule has 0 saturated heterocycles. The third-order valence-corrected chi connectivity index (χ3v) is 2.22. The Bertz CT molecular complexity index is 322. The summed E-state index contributed by atoms with van der Waals surface area (Å²) in [5.41, 5.74) is 0. The molecule has 0 bridgehead atoms. The second kappa shape index (κ2) is 5.50. The Morgan fingerprint density at radius 1 is 1.73 bits per heavy atom. The van der Waals surface area contributed by atoms with E-state index in [2.05, 4.69) is 24.3 Å². The first-order valence-electron chi connectivity index (χ1n) is 5.01. The van der Waals surface area contributed by atoms with E-state index in [9.17, 15) is 4.79 Å². The van der Waals surface area contributed by atoms with Crippen molar-refractivity contribution >= 4 is 11.7 Å². The summed E-state index contributed by atoms with van der Waals surface area (Å²) >= 11 is 0. The number of ether oxygens (including phenoxy) is 1. The van der Waals surface area contributed by atoms with Crippen LogP contribution in [0.3, 0.4) is 0 Å². The van der Waals surface area contributed by atoms with Crippen molar-refractivity contribution in [3.8, 4) is 0 Å². The van der Waals surface area contributed by atoms with E-state index in [-0.39, 0.29) is 18.6 Å². The molecule has 15 heavy (non-hydrogen) atoms. The first-order valence-corrected chi connectivity index (χ1v) is 5.01. The van der Waals surface area contributed by atoms with E-state index in [1.807, 2.05) is 0 Å². The lowest BCUT2D eigenvalue weighted by atomic mass is 10.3. The van der Waals surface area contributed by atoms with Crippen molar-refractivity contribution in [1.82, 2.24) is 9.78 Å². The topological polar surface area (TPSA) is 56.2 Å². The smallest absolute Gasteiger partial charge is 0.251 e. The van der Waals surface area contributed by atoms with Crippen LogP contribution in [0.25, 0.3) is 0 Å². The molecule has 0 radical (unpaired) electrons. The van der Waals surface area contributed by atoms with E-state index >= 15 is 0 Å². The SMILES string of the molecule is CCC(C)n1nccc1NC(=O)COC. The van der Waals surface area contributed by atoms with E-state index in [0.717, 1.165) is 6.42 Å². The number of carbonyl (C=O) groups is 1. The van der Waals surface area contributed by atoms with E-state index in [4.69, 9.17) is 4.74 Å². The minimum atomic E-state index is -0.164. The summed E-state index contributed by atoms with van der Waals surface area (Å²) in [6.07, 6.45) is 2.64. The quantitative estimate of drug-likeness (QED) is 0.801. The number of nitrogens with zero attached hydrogens (tertiary/aromatic N) is 2. The molecule has 1 unspecified atom stereocenters. The molecule has 5 heteroatoms. The summed E-state index contributed by atoms with van der Waals surface area (Å²) in [5.74, 6) is 0.550. The van der Waals surface area contributed by atoms with Crippen LogP contribution >= 0.6 is 0 Å². The Kier molecular flexibility index (Phi) is 4.30. The lowest BCUT2D eigenvalue weighted by Gasteiger charge is -2.13. The Labute approximate surface area is 89.4 Å². The molecule has 1 N–H and O–H groups in total. The minimum Gasteiger partial charge on any atom is -0.375 e. The molecular formula is C10H17N3O2. The molecule has 0 fully saturated rings. The van der Waals surface area contributed by atoms with Gasteiger partial charge in [-0.2, -0.15) is 5.10 Å². The fraction of sp³-hybridized carbons (Fsp3) is 0.600. The van der Waals surface area contributed by atoms with Crippen LogP contribution in [-0.2, 0) is 9.53 Å². The number of methoxy groups -OCH3 is 1. The zero-order valence-corrected chi connectivity index (χ0v) is 9.36. The highest BCUT2D eigenvalue weighted by Crippen LogP contribution is 2.15. The van der Waals surface area contributed by atoms with Crippen molar-refractivity contribution in [3.05, 3.63) is 12.3 Å². The van der Waals surface area contributed by atoms with Crippen LogP contribution in [0.15, 0.2) is 12.3 Å². The molecule has 84 valence electrons. The van der Waals surface area contributed by atoms with Gasteiger partial charge in [-0.1, -0.05) is 6.92 Å². The van der Waals surface area contributed by atoms with Crippen LogP contribution in [0, 0.1) is 0 Å². The van der Waals surface area contributed by atoms with Gasteiger partial charge < -0.3 is 10.1 Å². The van der Waals surface area contributed by atoms with Gasteiger partial charge in [-0.15, -0.1) is 0 Å². The lowest BCUT2D eigenvalue weighted by Crippen LogP contribution is -2.20. The van der Waals surface area contributed by atoms with Gasteiger partial charge in [0, 0.05) is 13.2 Å². The van der Waals surface area contributed by atoms with Crippen LogP contribution in [0.4, 0.5) is 5.82 Å². The first kappa shape index (κ1) is 11.7. The Hall–Kier alpha value is -1.36. The number of hydrogen-bond acceptors (Lipinski definition) is 3. The fourth-order valence-corrected chi connectivity index (χ4v) is 1.25. The molecule has 1 heterocycles. The Morgan fingerprint density at radius 2 is 2.47 bits per heavy atom. The zero-order valence-electron chi connectivity index (χ0n) is 9.36. The number of carbonyl (C=O) groups excluding carboxylic acids is 1. The summed E-state index contributed by atoms with van der Waals surface area (Å²) in [4.78, 5) is 11.3. The van der Waals surface area contributed by atoms with E-state index in [1.54, 1.807) is 16.9 Å². The molecule has 1 aromatic heterocycles. The van der Waals surface area contributed by atoms with Crippen LogP contribution in [0.2, 0.25) is 0 Å². The molecule has 0 aromatic carbocycles. The van der Waals surface area contributed by atoms with Gasteiger partial charge in [-0.25, -0.2) is 4.68 Å². The van der Waals surface area contributed by atoms with Crippen molar-refractivity contribution < 1.29 is 9.53 Å². The van der Waals surface area contributed by atoms with Gasteiger partial charge >= 0.3 is 0 Å². The number of rotatable bonds is 5. The normalized spacial score (nSPS) is 12.5. The summed E-state index contributed by atoms with van der Waals surface area (Å²) in [7, 11) is 1.49. The highest BCUT2D eigenvalue weighted by molar-refractivity contribution is 5.90. The molecule has 1 atom stereocenters. The van der Waals surface area contributed by atoms with Gasteiger partial charge in [0.15, 0.2) is 0 Å². The largest absolute Gasteiger partial charge is 0.375 e. The maximum Gasteiger partial charge on any atom is 0.251 e. The van der Waals surface area contributed by atoms with Gasteiger partial charge in [-0.05, 0) is 13.3 Å². The second-order valence-corrected chi connectivity index (χ2v) is 3.40. The molecule has 0 spiro atoms. The van der Waals surface area contributed by atoms with Gasteiger partial charge in [0.05, 0.1) is 12.2 Å². The lowest BCUT2D eigenvalue weighted by molar-refractivity contribution is -0.119. The standard InChI is InChI=1S/C10H17N3O2/c1-4-8(2)13-9(5-6-11-13)12-10(14)7-15-3/h5-6,8H,4,7H2,1-3H3,(H,12,14). The average Bonchev–Trinajstić information content (AvgIpc) is 2.65. The summed E-state index contributed by atoms with van der Waals surface area (Å²) in [5, 5.41) is 6.90. The molecule has 0 aliphatic carbocycles.